The third-order valence-corrected chi connectivity index (χ3v) is 7.61. The first-order valence-electron chi connectivity index (χ1n) is 12.0. The number of hydrogen-bond donors (Lipinski definition) is 0. The van der Waals surface area contributed by atoms with Gasteiger partial charge in [-0.05, 0) is 67.9 Å². The maximum absolute atomic E-state index is 13.9. The van der Waals surface area contributed by atoms with E-state index in [0.29, 0.717) is 18.9 Å². The van der Waals surface area contributed by atoms with Crippen LogP contribution in [0, 0.1) is 24.6 Å². The van der Waals surface area contributed by atoms with Crippen LogP contribution in [-0.2, 0) is 16.0 Å². The zero-order chi connectivity index (χ0) is 23.2. The van der Waals surface area contributed by atoms with E-state index >= 15 is 0 Å². The molecule has 174 valence electrons. The molecule has 2 saturated heterocycles. The zero-order valence-corrected chi connectivity index (χ0v) is 19.6. The van der Waals surface area contributed by atoms with Crippen LogP contribution in [0.2, 0.25) is 0 Å². The van der Waals surface area contributed by atoms with Gasteiger partial charge in [-0.15, -0.1) is 0 Å². The van der Waals surface area contributed by atoms with Crippen molar-refractivity contribution in [3.63, 3.8) is 0 Å². The van der Waals surface area contributed by atoms with Crippen molar-refractivity contribution in [1.29, 1.82) is 0 Å². The molecule has 5 rings (SSSR count). The van der Waals surface area contributed by atoms with Gasteiger partial charge in [0, 0.05) is 12.7 Å². The van der Waals surface area contributed by atoms with Crippen molar-refractivity contribution in [3.8, 4) is 0 Å². The van der Waals surface area contributed by atoms with Crippen molar-refractivity contribution < 1.29 is 13.9 Å². The minimum absolute atomic E-state index is 0.136. The summed E-state index contributed by atoms with van der Waals surface area (Å²) in [5.74, 6) is 0.469. The fourth-order valence-electron chi connectivity index (χ4n) is 5.89. The van der Waals surface area contributed by atoms with Gasteiger partial charge in [0.2, 0.25) is 5.91 Å². The summed E-state index contributed by atoms with van der Waals surface area (Å²) in [6.45, 7) is 7.62. The Balaban J connectivity index is 1.40. The van der Waals surface area contributed by atoms with E-state index in [1.807, 2.05) is 41.8 Å². The molecule has 1 aromatic carbocycles. The Morgan fingerprint density at radius 3 is 2.91 bits per heavy atom. The largest absolute Gasteiger partial charge is 0.371 e. The summed E-state index contributed by atoms with van der Waals surface area (Å²) in [4.78, 5) is 20.3. The standard InChI is InChI=1S/C27H32FN3O2/c1-18(2)22-16-27(17-33-26(22)20-8-6-9-21(28)14-20)11-7-13-31(27)25(32)15-23-19(3)29-24-10-4-5-12-30(23)24/h4-6,8-10,12,14,18,22,26H,7,11,13,15-17H2,1-3H3/t22-,26-,27-/m0/s1. The summed E-state index contributed by atoms with van der Waals surface area (Å²) in [5, 5.41) is 0. The van der Waals surface area contributed by atoms with Crippen LogP contribution in [0.1, 0.15) is 56.2 Å². The lowest BCUT2D eigenvalue weighted by Crippen LogP contribution is -2.56. The average molecular weight is 450 g/mol. The SMILES string of the molecule is Cc1nc2ccccn2c1CC(=O)N1CCC[C@]12CO[C@@H](c1cccc(F)c1)[C@H](C(C)C)C2. The van der Waals surface area contributed by atoms with Crippen molar-refractivity contribution in [2.24, 2.45) is 11.8 Å². The number of benzene rings is 1. The van der Waals surface area contributed by atoms with E-state index in [1.54, 1.807) is 12.1 Å². The lowest BCUT2D eigenvalue weighted by atomic mass is 9.73. The number of aryl methyl sites for hydroxylation is 1. The Morgan fingerprint density at radius 2 is 2.12 bits per heavy atom. The van der Waals surface area contributed by atoms with E-state index in [9.17, 15) is 9.18 Å². The molecule has 3 atom stereocenters. The number of imidazole rings is 1. The van der Waals surface area contributed by atoms with Crippen molar-refractivity contribution in [2.75, 3.05) is 13.2 Å². The number of fused-ring (bicyclic) bond motifs is 1. The molecule has 3 aromatic rings. The third-order valence-electron chi connectivity index (χ3n) is 7.61. The molecule has 2 fully saturated rings. The highest BCUT2D eigenvalue weighted by atomic mass is 19.1. The number of pyridine rings is 1. The first kappa shape index (κ1) is 22.1. The number of amides is 1. The van der Waals surface area contributed by atoms with Crippen LogP contribution < -0.4 is 0 Å². The van der Waals surface area contributed by atoms with E-state index in [0.717, 1.165) is 48.4 Å². The van der Waals surface area contributed by atoms with Crippen molar-refractivity contribution >= 4 is 11.6 Å². The molecule has 2 aliphatic heterocycles. The van der Waals surface area contributed by atoms with Crippen LogP contribution in [0.3, 0.4) is 0 Å². The maximum atomic E-state index is 13.9. The van der Waals surface area contributed by atoms with Crippen LogP contribution in [0.4, 0.5) is 4.39 Å². The molecule has 2 aliphatic rings. The second-order valence-electron chi connectivity index (χ2n) is 10.0. The summed E-state index contributed by atoms with van der Waals surface area (Å²) >= 11 is 0. The van der Waals surface area contributed by atoms with Gasteiger partial charge in [0.1, 0.15) is 11.5 Å². The van der Waals surface area contributed by atoms with Gasteiger partial charge in [-0.3, -0.25) is 4.79 Å². The summed E-state index contributed by atoms with van der Waals surface area (Å²) in [7, 11) is 0. The van der Waals surface area contributed by atoms with E-state index in [4.69, 9.17) is 4.74 Å². The molecular formula is C27H32FN3O2. The van der Waals surface area contributed by atoms with Gasteiger partial charge >= 0.3 is 0 Å². The Bertz CT molecular complexity index is 1170. The maximum Gasteiger partial charge on any atom is 0.229 e. The molecule has 5 nitrogen and oxygen atoms in total. The quantitative estimate of drug-likeness (QED) is 0.555. The Labute approximate surface area is 194 Å². The number of ether oxygens (including phenoxy) is 1. The molecule has 33 heavy (non-hydrogen) atoms. The number of rotatable bonds is 4. The molecule has 4 heterocycles. The molecule has 0 bridgehead atoms. The monoisotopic (exact) mass is 449 g/mol. The highest BCUT2D eigenvalue weighted by Gasteiger charge is 2.50. The summed E-state index contributed by atoms with van der Waals surface area (Å²) in [6, 6.07) is 12.6. The first-order valence-corrected chi connectivity index (χ1v) is 12.0. The summed E-state index contributed by atoms with van der Waals surface area (Å²) < 4.78 is 22.4. The van der Waals surface area contributed by atoms with Gasteiger partial charge in [0.05, 0.1) is 36.1 Å². The number of nitrogens with zero attached hydrogens (tertiary/aromatic N) is 3. The van der Waals surface area contributed by atoms with Crippen LogP contribution in [0.5, 0.6) is 0 Å². The van der Waals surface area contributed by atoms with E-state index in [-0.39, 0.29) is 29.3 Å². The highest BCUT2D eigenvalue weighted by molar-refractivity contribution is 5.80. The lowest BCUT2D eigenvalue weighted by molar-refractivity contribution is -0.152. The van der Waals surface area contributed by atoms with Crippen LogP contribution in [0.25, 0.3) is 5.65 Å². The van der Waals surface area contributed by atoms with Crippen molar-refractivity contribution in [2.45, 2.75) is 58.1 Å². The first-order chi connectivity index (χ1) is 15.9. The molecule has 0 radical (unpaired) electrons. The molecule has 1 spiro atoms. The van der Waals surface area contributed by atoms with Crippen LogP contribution in [-0.4, -0.2) is 38.9 Å². The Morgan fingerprint density at radius 1 is 1.27 bits per heavy atom. The Hall–Kier alpha value is -2.73. The van der Waals surface area contributed by atoms with Crippen molar-refractivity contribution in [3.05, 3.63) is 71.4 Å². The fraction of sp³-hybridized carbons (Fsp3) is 0.481. The summed E-state index contributed by atoms with van der Waals surface area (Å²) in [5.41, 5.74) is 3.32. The number of carbonyl (C=O) groups excluding carboxylic acids is 1. The smallest absolute Gasteiger partial charge is 0.229 e. The molecule has 0 saturated carbocycles. The molecule has 0 N–H and O–H groups in total. The summed E-state index contributed by atoms with van der Waals surface area (Å²) in [6.07, 6.45) is 4.97. The van der Waals surface area contributed by atoms with E-state index in [2.05, 4.69) is 23.7 Å². The molecule has 6 heteroatoms. The minimum Gasteiger partial charge on any atom is -0.371 e. The lowest BCUT2D eigenvalue weighted by Gasteiger charge is -2.48. The number of halogens is 1. The predicted molar refractivity (Wildman–Crippen MR) is 125 cm³/mol. The normalized spacial score (nSPS) is 25.4. The van der Waals surface area contributed by atoms with Gasteiger partial charge in [-0.2, -0.15) is 0 Å². The van der Waals surface area contributed by atoms with E-state index < -0.39 is 0 Å². The third kappa shape index (κ3) is 3.95. The Kier molecular flexibility index (Phi) is 5.73. The second kappa shape index (κ2) is 8.56. The highest BCUT2D eigenvalue weighted by Crippen LogP contribution is 2.47. The van der Waals surface area contributed by atoms with Gasteiger partial charge < -0.3 is 14.0 Å². The number of carbonyl (C=O) groups is 1. The molecule has 2 aromatic heterocycles. The van der Waals surface area contributed by atoms with Gasteiger partial charge in [-0.1, -0.05) is 32.0 Å². The van der Waals surface area contributed by atoms with Gasteiger partial charge in [0.15, 0.2) is 0 Å². The minimum atomic E-state index is -0.287. The number of aromatic nitrogens is 2. The molecular weight excluding hydrogens is 417 g/mol. The zero-order valence-electron chi connectivity index (χ0n) is 19.6. The van der Waals surface area contributed by atoms with Gasteiger partial charge in [-0.25, -0.2) is 9.37 Å². The van der Waals surface area contributed by atoms with Crippen molar-refractivity contribution in [1.82, 2.24) is 14.3 Å². The van der Waals surface area contributed by atoms with Crippen LogP contribution in [0.15, 0.2) is 48.7 Å². The molecule has 1 amide bonds. The molecule has 0 aliphatic carbocycles. The predicted octanol–water partition coefficient (Wildman–Crippen LogP) is 5.12. The average Bonchev–Trinajstić information content (AvgIpc) is 3.34. The van der Waals surface area contributed by atoms with Gasteiger partial charge in [0.25, 0.3) is 0 Å². The molecule has 0 unspecified atom stereocenters. The number of hydrogen-bond acceptors (Lipinski definition) is 3. The number of likely N-dealkylation sites (tertiary alicyclic amines) is 1. The fourth-order valence-corrected chi connectivity index (χ4v) is 5.89. The second-order valence-corrected chi connectivity index (χ2v) is 10.0. The van der Waals surface area contributed by atoms with Crippen LogP contribution >= 0.6 is 0 Å². The topological polar surface area (TPSA) is 46.8 Å². The van der Waals surface area contributed by atoms with E-state index in [1.165, 1.54) is 6.07 Å².